The minimum Gasteiger partial charge on any atom is -0.491 e. The van der Waals surface area contributed by atoms with E-state index < -0.39 is 6.10 Å². The minimum absolute atomic E-state index is 0.152. The fraction of sp³-hybridized carbons (Fsp3) is 0.174. The molecule has 0 fully saturated rings. The van der Waals surface area contributed by atoms with E-state index in [1.54, 1.807) is 18.2 Å². The predicted octanol–water partition coefficient (Wildman–Crippen LogP) is 4.82. The molecule has 0 aliphatic heterocycles. The smallest absolute Gasteiger partial charge is 0.174 e. The second-order valence-corrected chi connectivity index (χ2v) is 7.29. The van der Waals surface area contributed by atoms with Gasteiger partial charge in [-0.25, -0.2) is 4.39 Å². The van der Waals surface area contributed by atoms with Gasteiger partial charge in [0.15, 0.2) is 5.76 Å². The van der Waals surface area contributed by atoms with Gasteiger partial charge >= 0.3 is 0 Å². The van der Waals surface area contributed by atoms with E-state index in [1.807, 2.05) is 36.4 Å². The molecular formula is C23H20ClFN2O3. The highest BCUT2D eigenvalue weighted by atomic mass is 35.5. The number of ether oxygens (including phenoxy) is 1. The first-order valence-electron chi connectivity index (χ1n) is 9.50. The normalized spacial score (nSPS) is 12.2. The Hall–Kier alpha value is -2.93. The molecule has 0 aliphatic rings. The quantitative estimate of drug-likeness (QED) is 0.423. The zero-order valence-corrected chi connectivity index (χ0v) is 16.8. The maximum Gasteiger partial charge on any atom is 0.174 e. The Kier molecular flexibility index (Phi) is 6.28. The maximum atomic E-state index is 13.3. The molecule has 30 heavy (non-hydrogen) atoms. The van der Waals surface area contributed by atoms with E-state index in [2.05, 4.69) is 10.5 Å². The number of nitrogens with zero attached hydrogens (tertiary/aromatic N) is 1. The molecule has 7 heteroatoms. The van der Waals surface area contributed by atoms with Gasteiger partial charge in [-0.2, -0.15) is 0 Å². The summed E-state index contributed by atoms with van der Waals surface area (Å²) >= 11 is 6.12. The molecule has 0 spiro atoms. The van der Waals surface area contributed by atoms with Crippen molar-refractivity contribution < 1.29 is 18.8 Å². The zero-order valence-electron chi connectivity index (χ0n) is 16.0. The summed E-state index contributed by atoms with van der Waals surface area (Å²) in [6.07, 6.45) is -0.666. The molecule has 4 aromatic rings. The number of aliphatic hydroxyl groups excluding tert-OH is 1. The molecular weight excluding hydrogens is 407 g/mol. The zero-order chi connectivity index (χ0) is 20.9. The lowest BCUT2D eigenvalue weighted by atomic mass is 10.1. The number of halogens is 2. The number of fused-ring (bicyclic) bond motifs is 1. The standard InChI is InChI=1S/C23H20ClFN2O3/c24-21-4-2-1-3-16(21)12-26-13-18(28)14-29-19-8-5-15(6-9-19)23-20-10-7-17(25)11-22(20)27-30-23/h1-11,18,26,28H,12-14H2. The summed E-state index contributed by atoms with van der Waals surface area (Å²) in [7, 11) is 0. The molecule has 3 aromatic carbocycles. The molecule has 0 aliphatic carbocycles. The molecule has 4 rings (SSSR count). The summed E-state index contributed by atoms with van der Waals surface area (Å²) in [5, 5.41) is 18.6. The summed E-state index contributed by atoms with van der Waals surface area (Å²) < 4.78 is 24.3. The maximum absolute atomic E-state index is 13.3. The number of hydrogen-bond donors (Lipinski definition) is 2. The van der Waals surface area contributed by atoms with Gasteiger partial charge in [0, 0.05) is 35.1 Å². The molecule has 2 N–H and O–H groups in total. The fourth-order valence-electron chi connectivity index (χ4n) is 3.09. The van der Waals surface area contributed by atoms with Crippen LogP contribution in [0.5, 0.6) is 5.75 Å². The lowest BCUT2D eigenvalue weighted by Gasteiger charge is -2.14. The van der Waals surface area contributed by atoms with E-state index in [0.717, 1.165) is 16.5 Å². The van der Waals surface area contributed by atoms with Crippen molar-refractivity contribution in [2.45, 2.75) is 12.6 Å². The van der Waals surface area contributed by atoms with Crippen LogP contribution >= 0.6 is 11.6 Å². The summed E-state index contributed by atoms with van der Waals surface area (Å²) in [5.41, 5.74) is 2.25. The van der Waals surface area contributed by atoms with Crippen molar-refractivity contribution in [3.8, 4) is 17.1 Å². The third-order valence-corrected chi connectivity index (χ3v) is 5.02. The second-order valence-electron chi connectivity index (χ2n) is 6.88. The van der Waals surface area contributed by atoms with Crippen molar-refractivity contribution in [3.05, 3.63) is 83.1 Å². The molecule has 154 valence electrons. The van der Waals surface area contributed by atoms with Crippen LogP contribution in [0.4, 0.5) is 4.39 Å². The van der Waals surface area contributed by atoms with Crippen molar-refractivity contribution in [2.24, 2.45) is 0 Å². The van der Waals surface area contributed by atoms with Crippen molar-refractivity contribution in [3.63, 3.8) is 0 Å². The Bertz CT molecular complexity index is 1130. The first-order chi connectivity index (χ1) is 14.6. The lowest BCUT2D eigenvalue weighted by Crippen LogP contribution is -2.31. The van der Waals surface area contributed by atoms with Crippen LogP contribution in [-0.2, 0) is 6.54 Å². The fourth-order valence-corrected chi connectivity index (χ4v) is 3.30. The van der Waals surface area contributed by atoms with E-state index in [9.17, 15) is 9.50 Å². The topological polar surface area (TPSA) is 67.5 Å². The average molecular weight is 427 g/mol. The van der Waals surface area contributed by atoms with E-state index in [4.69, 9.17) is 20.9 Å². The second kappa shape index (κ2) is 9.26. The van der Waals surface area contributed by atoms with Gasteiger partial charge in [0.25, 0.3) is 0 Å². The van der Waals surface area contributed by atoms with Gasteiger partial charge < -0.3 is 19.7 Å². The summed E-state index contributed by atoms with van der Waals surface area (Å²) in [4.78, 5) is 0. The molecule has 0 radical (unpaired) electrons. The molecule has 5 nitrogen and oxygen atoms in total. The van der Waals surface area contributed by atoms with Gasteiger partial charge in [-0.3, -0.25) is 0 Å². The van der Waals surface area contributed by atoms with E-state index >= 15 is 0 Å². The molecule has 1 aromatic heterocycles. The summed E-state index contributed by atoms with van der Waals surface area (Å²) in [6, 6.07) is 19.2. The average Bonchev–Trinajstić information content (AvgIpc) is 3.17. The first-order valence-corrected chi connectivity index (χ1v) is 9.88. The van der Waals surface area contributed by atoms with E-state index in [1.165, 1.54) is 12.1 Å². The highest BCUT2D eigenvalue weighted by molar-refractivity contribution is 6.31. The molecule has 0 amide bonds. The monoisotopic (exact) mass is 426 g/mol. The van der Waals surface area contributed by atoms with Crippen molar-refractivity contribution in [1.29, 1.82) is 0 Å². The number of aromatic nitrogens is 1. The number of hydrogen-bond acceptors (Lipinski definition) is 5. The van der Waals surface area contributed by atoms with Crippen molar-refractivity contribution in [1.82, 2.24) is 10.5 Å². The van der Waals surface area contributed by atoms with Crippen LogP contribution < -0.4 is 10.1 Å². The van der Waals surface area contributed by atoms with Crippen molar-refractivity contribution in [2.75, 3.05) is 13.2 Å². The van der Waals surface area contributed by atoms with Gasteiger partial charge in [-0.15, -0.1) is 0 Å². The molecule has 0 saturated carbocycles. The van der Waals surface area contributed by atoms with Crippen LogP contribution in [0.2, 0.25) is 5.02 Å². The molecule has 0 bridgehead atoms. The number of benzene rings is 3. The molecule has 1 heterocycles. The summed E-state index contributed by atoms with van der Waals surface area (Å²) in [5.74, 6) is 0.838. The Balaban J connectivity index is 1.29. The van der Waals surface area contributed by atoms with Crippen LogP contribution in [0.25, 0.3) is 22.2 Å². The number of rotatable bonds is 8. The molecule has 1 atom stereocenters. The highest BCUT2D eigenvalue weighted by Crippen LogP contribution is 2.30. The van der Waals surface area contributed by atoms with Gasteiger partial charge in [0.05, 0.1) is 0 Å². The molecule has 1 unspecified atom stereocenters. The Morgan fingerprint density at radius 2 is 1.90 bits per heavy atom. The predicted molar refractivity (Wildman–Crippen MR) is 114 cm³/mol. The van der Waals surface area contributed by atoms with Crippen LogP contribution in [-0.4, -0.2) is 29.5 Å². The molecule has 0 saturated heterocycles. The Labute approximate surface area is 178 Å². The van der Waals surface area contributed by atoms with Gasteiger partial charge in [0.1, 0.15) is 29.8 Å². The van der Waals surface area contributed by atoms with Crippen LogP contribution in [0.1, 0.15) is 5.56 Å². The van der Waals surface area contributed by atoms with Gasteiger partial charge in [-0.1, -0.05) is 35.0 Å². The minimum atomic E-state index is -0.666. The van der Waals surface area contributed by atoms with Crippen LogP contribution in [0, 0.1) is 5.82 Å². The first kappa shape index (κ1) is 20.3. The van der Waals surface area contributed by atoms with Crippen molar-refractivity contribution >= 4 is 22.5 Å². The van der Waals surface area contributed by atoms with Gasteiger partial charge in [-0.05, 0) is 48.0 Å². The SMILES string of the molecule is OC(CNCc1ccccc1Cl)COc1ccc(-c2onc3cc(F)ccc23)cc1. The van der Waals surface area contributed by atoms with Crippen LogP contribution in [0.15, 0.2) is 71.3 Å². The number of aliphatic hydroxyl groups is 1. The lowest BCUT2D eigenvalue weighted by molar-refractivity contribution is 0.106. The third kappa shape index (κ3) is 4.79. The number of nitrogens with one attached hydrogen (secondary N) is 1. The van der Waals surface area contributed by atoms with E-state index in [0.29, 0.717) is 35.1 Å². The van der Waals surface area contributed by atoms with Crippen LogP contribution in [0.3, 0.4) is 0 Å². The third-order valence-electron chi connectivity index (χ3n) is 4.65. The van der Waals surface area contributed by atoms with Gasteiger partial charge in [0.2, 0.25) is 0 Å². The largest absolute Gasteiger partial charge is 0.491 e. The highest BCUT2D eigenvalue weighted by Gasteiger charge is 2.12. The Morgan fingerprint density at radius 1 is 1.10 bits per heavy atom. The Morgan fingerprint density at radius 3 is 2.70 bits per heavy atom. The van der Waals surface area contributed by atoms with E-state index in [-0.39, 0.29) is 12.4 Å². The summed E-state index contributed by atoms with van der Waals surface area (Å²) in [6.45, 7) is 1.10.